The number of ether oxygens (including phenoxy) is 1. The molecule has 2 rings (SSSR count). The predicted octanol–water partition coefficient (Wildman–Crippen LogP) is 3.04. The van der Waals surface area contributed by atoms with E-state index < -0.39 is 0 Å². The van der Waals surface area contributed by atoms with E-state index in [0.29, 0.717) is 13.2 Å². The number of esters is 1. The van der Waals surface area contributed by atoms with Crippen molar-refractivity contribution in [1.29, 1.82) is 0 Å². The van der Waals surface area contributed by atoms with Crippen LogP contribution in [0.2, 0.25) is 0 Å². The summed E-state index contributed by atoms with van der Waals surface area (Å²) in [5.41, 5.74) is 1.35. The number of rotatable bonds is 5. The third-order valence-electron chi connectivity index (χ3n) is 3.76. The molecule has 0 fully saturated rings. The number of hydrogen-bond acceptors (Lipinski definition) is 4. The summed E-state index contributed by atoms with van der Waals surface area (Å²) in [6, 6.07) is 2.05. The van der Waals surface area contributed by atoms with Crippen molar-refractivity contribution in [3.8, 4) is 0 Å². The van der Waals surface area contributed by atoms with Gasteiger partial charge in [-0.1, -0.05) is 6.42 Å². The molecule has 1 aliphatic rings. The van der Waals surface area contributed by atoms with Gasteiger partial charge in [0.15, 0.2) is 0 Å². The molecule has 0 aromatic carbocycles. The first-order chi connectivity index (χ1) is 10.1. The van der Waals surface area contributed by atoms with E-state index in [-0.39, 0.29) is 18.3 Å². The van der Waals surface area contributed by atoms with Gasteiger partial charge in [-0.05, 0) is 44.2 Å². The van der Waals surface area contributed by atoms with Gasteiger partial charge >= 0.3 is 5.97 Å². The highest BCUT2D eigenvalue weighted by Crippen LogP contribution is 2.29. The summed E-state index contributed by atoms with van der Waals surface area (Å²) in [5, 5.41) is 0. The number of hydrogen-bond donors (Lipinski definition) is 0. The minimum atomic E-state index is -0.251. The van der Waals surface area contributed by atoms with Crippen LogP contribution in [0.3, 0.4) is 0 Å². The lowest BCUT2D eigenvalue weighted by molar-refractivity contribution is -0.143. The van der Waals surface area contributed by atoms with Crippen LogP contribution in [-0.2, 0) is 22.4 Å². The van der Waals surface area contributed by atoms with Crippen LogP contribution in [0, 0.1) is 0 Å². The summed E-state index contributed by atoms with van der Waals surface area (Å²) in [6.07, 6.45) is 6.16. The molecule has 116 valence electrons. The van der Waals surface area contributed by atoms with Gasteiger partial charge < -0.3 is 9.64 Å². The molecule has 1 aromatic heterocycles. The zero-order chi connectivity index (χ0) is 15.2. The van der Waals surface area contributed by atoms with Gasteiger partial charge in [-0.3, -0.25) is 9.59 Å². The van der Waals surface area contributed by atoms with Gasteiger partial charge in [-0.25, -0.2) is 0 Å². The SMILES string of the molecule is CCOC(=O)CCN(C)C(=O)c1cc2c(s1)CCCCC2. The Hall–Kier alpha value is -1.36. The summed E-state index contributed by atoms with van der Waals surface area (Å²) < 4.78 is 4.88. The van der Waals surface area contributed by atoms with Crippen LogP contribution >= 0.6 is 11.3 Å². The van der Waals surface area contributed by atoms with E-state index in [2.05, 4.69) is 6.07 Å². The normalized spacial score (nSPS) is 14.2. The quantitative estimate of drug-likeness (QED) is 0.620. The lowest BCUT2D eigenvalue weighted by atomic mass is 10.1. The monoisotopic (exact) mass is 309 g/mol. The van der Waals surface area contributed by atoms with Gasteiger partial charge in [-0.2, -0.15) is 0 Å². The second-order valence-electron chi connectivity index (χ2n) is 5.40. The van der Waals surface area contributed by atoms with Gasteiger partial charge in [0.2, 0.25) is 0 Å². The molecule has 1 amide bonds. The van der Waals surface area contributed by atoms with E-state index in [1.54, 1.807) is 30.2 Å². The highest BCUT2D eigenvalue weighted by molar-refractivity contribution is 7.14. The second kappa shape index (κ2) is 7.59. The highest BCUT2D eigenvalue weighted by Gasteiger charge is 2.19. The number of amides is 1. The van der Waals surface area contributed by atoms with Crippen LogP contribution < -0.4 is 0 Å². The van der Waals surface area contributed by atoms with Crippen LogP contribution in [0.15, 0.2) is 6.07 Å². The Morgan fingerprint density at radius 1 is 1.29 bits per heavy atom. The summed E-state index contributed by atoms with van der Waals surface area (Å²) in [7, 11) is 1.74. The fraction of sp³-hybridized carbons (Fsp3) is 0.625. The number of carbonyl (C=O) groups is 2. The smallest absolute Gasteiger partial charge is 0.307 e. The number of nitrogens with zero attached hydrogens (tertiary/aromatic N) is 1. The van der Waals surface area contributed by atoms with Crippen molar-refractivity contribution in [2.24, 2.45) is 0 Å². The molecule has 0 saturated heterocycles. The molecule has 21 heavy (non-hydrogen) atoms. The number of carbonyl (C=O) groups excluding carboxylic acids is 2. The maximum Gasteiger partial charge on any atom is 0.307 e. The lowest BCUT2D eigenvalue weighted by Crippen LogP contribution is -2.28. The second-order valence-corrected chi connectivity index (χ2v) is 6.54. The molecule has 0 unspecified atom stereocenters. The van der Waals surface area contributed by atoms with Gasteiger partial charge in [0.25, 0.3) is 5.91 Å². The molecule has 0 spiro atoms. The van der Waals surface area contributed by atoms with E-state index in [0.717, 1.165) is 17.7 Å². The molecule has 0 atom stereocenters. The van der Waals surface area contributed by atoms with Crippen molar-refractivity contribution < 1.29 is 14.3 Å². The van der Waals surface area contributed by atoms with Crippen molar-refractivity contribution >= 4 is 23.2 Å². The van der Waals surface area contributed by atoms with Gasteiger partial charge in [-0.15, -0.1) is 11.3 Å². The van der Waals surface area contributed by atoms with E-state index in [4.69, 9.17) is 4.74 Å². The maximum atomic E-state index is 12.4. The average molecular weight is 309 g/mol. The fourth-order valence-electron chi connectivity index (χ4n) is 2.55. The molecule has 0 aliphatic heterocycles. The molecule has 0 saturated carbocycles. The zero-order valence-electron chi connectivity index (χ0n) is 12.8. The Balaban J connectivity index is 1.94. The Bertz CT molecular complexity index is 486. The zero-order valence-corrected chi connectivity index (χ0v) is 13.6. The van der Waals surface area contributed by atoms with E-state index in [9.17, 15) is 9.59 Å². The maximum absolute atomic E-state index is 12.4. The number of fused-ring (bicyclic) bond motifs is 1. The van der Waals surface area contributed by atoms with Crippen molar-refractivity contribution in [2.45, 2.75) is 45.4 Å². The van der Waals surface area contributed by atoms with E-state index in [1.807, 2.05) is 0 Å². The summed E-state index contributed by atoms with van der Waals surface area (Å²) >= 11 is 1.62. The topological polar surface area (TPSA) is 46.6 Å². The Morgan fingerprint density at radius 2 is 2.05 bits per heavy atom. The van der Waals surface area contributed by atoms with Gasteiger partial charge in [0.05, 0.1) is 17.9 Å². The largest absolute Gasteiger partial charge is 0.466 e. The van der Waals surface area contributed by atoms with E-state index in [1.165, 1.54) is 29.7 Å². The van der Waals surface area contributed by atoms with Crippen molar-refractivity contribution in [3.63, 3.8) is 0 Å². The number of thiophene rings is 1. The molecule has 0 bridgehead atoms. The molecule has 0 N–H and O–H groups in total. The first kappa shape index (κ1) is 16.0. The van der Waals surface area contributed by atoms with Crippen LogP contribution in [0.4, 0.5) is 0 Å². The molecule has 1 aliphatic carbocycles. The standard InChI is InChI=1S/C16H23NO3S/c1-3-20-15(18)9-10-17(2)16(19)14-11-12-7-5-4-6-8-13(12)21-14/h11H,3-10H2,1-2H3. The third-order valence-corrected chi connectivity index (χ3v) is 4.99. The third kappa shape index (κ3) is 4.30. The first-order valence-corrected chi connectivity index (χ1v) is 8.46. The lowest BCUT2D eigenvalue weighted by Gasteiger charge is -2.15. The minimum Gasteiger partial charge on any atom is -0.466 e. The summed E-state index contributed by atoms with van der Waals surface area (Å²) in [5.74, 6) is -0.239. The van der Waals surface area contributed by atoms with Crippen molar-refractivity contribution in [3.05, 3.63) is 21.4 Å². The summed E-state index contributed by atoms with van der Waals surface area (Å²) in [4.78, 5) is 27.5. The van der Waals surface area contributed by atoms with Crippen molar-refractivity contribution in [2.75, 3.05) is 20.2 Å². The predicted molar refractivity (Wildman–Crippen MR) is 83.8 cm³/mol. The van der Waals surface area contributed by atoms with E-state index >= 15 is 0 Å². The fourth-order valence-corrected chi connectivity index (χ4v) is 3.80. The van der Waals surface area contributed by atoms with Crippen LogP contribution in [0.1, 0.15) is 52.7 Å². The Morgan fingerprint density at radius 3 is 2.81 bits per heavy atom. The minimum absolute atomic E-state index is 0.0115. The molecule has 1 heterocycles. The molecular formula is C16H23NO3S. The first-order valence-electron chi connectivity index (χ1n) is 7.64. The Kier molecular flexibility index (Phi) is 5.79. The number of aryl methyl sites for hydroxylation is 2. The van der Waals surface area contributed by atoms with Crippen molar-refractivity contribution in [1.82, 2.24) is 4.90 Å². The summed E-state index contributed by atoms with van der Waals surface area (Å²) in [6.45, 7) is 2.57. The molecular weight excluding hydrogens is 286 g/mol. The molecule has 1 aromatic rings. The highest BCUT2D eigenvalue weighted by atomic mass is 32.1. The molecule has 0 radical (unpaired) electrons. The van der Waals surface area contributed by atoms with Crippen LogP contribution in [0.5, 0.6) is 0 Å². The van der Waals surface area contributed by atoms with Gasteiger partial charge in [0.1, 0.15) is 0 Å². The van der Waals surface area contributed by atoms with Crippen LogP contribution in [0.25, 0.3) is 0 Å². The Labute approximate surface area is 130 Å². The molecule has 5 heteroatoms. The molecule has 4 nitrogen and oxygen atoms in total. The average Bonchev–Trinajstić information content (AvgIpc) is 2.75. The van der Waals surface area contributed by atoms with Gasteiger partial charge in [0, 0.05) is 18.5 Å². The van der Waals surface area contributed by atoms with Crippen LogP contribution in [-0.4, -0.2) is 37.0 Å².